The van der Waals surface area contributed by atoms with Crippen molar-refractivity contribution < 1.29 is 14.3 Å². The van der Waals surface area contributed by atoms with Crippen molar-refractivity contribution in [2.75, 3.05) is 11.9 Å². The molecule has 0 fully saturated rings. The third kappa shape index (κ3) is 3.93. The van der Waals surface area contributed by atoms with E-state index < -0.39 is 11.4 Å². The molecule has 0 radical (unpaired) electrons. The molecule has 0 aliphatic carbocycles. The van der Waals surface area contributed by atoms with E-state index in [1.54, 1.807) is 26.0 Å². The van der Waals surface area contributed by atoms with E-state index in [0.29, 0.717) is 17.0 Å². The van der Waals surface area contributed by atoms with Crippen LogP contribution in [-0.2, 0) is 16.1 Å². The van der Waals surface area contributed by atoms with Crippen molar-refractivity contribution in [3.63, 3.8) is 0 Å². The Hall–Kier alpha value is -3.48. The number of ether oxygens (including phenoxy) is 1. The summed E-state index contributed by atoms with van der Waals surface area (Å²) in [6.07, 6.45) is 1.34. The summed E-state index contributed by atoms with van der Waals surface area (Å²) in [5.74, 6) is -1.01. The molecule has 1 aromatic carbocycles. The number of rotatable bonds is 5. The second-order valence-electron chi connectivity index (χ2n) is 6.41. The minimum Gasteiger partial charge on any atom is -0.462 e. The van der Waals surface area contributed by atoms with E-state index >= 15 is 0 Å². The normalized spacial score (nSPS) is 10.7. The second-order valence-corrected chi connectivity index (χ2v) is 6.41. The van der Waals surface area contributed by atoms with Crippen LogP contribution in [-0.4, -0.2) is 28.0 Å². The quantitative estimate of drug-likeness (QED) is 0.689. The zero-order chi connectivity index (χ0) is 20.3. The van der Waals surface area contributed by atoms with Crippen LogP contribution in [0.5, 0.6) is 0 Å². The number of carbonyl (C=O) groups excluding carboxylic acids is 2. The van der Waals surface area contributed by atoms with Gasteiger partial charge in [-0.05, 0) is 44.5 Å². The number of hydrogen-bond donors (Lipinski definition) is 1. The number of aromatic nitrogens is 2. The van der Waals surface area contributed by atoms with Crippen LogP contribution in [0.15, 0.2) is 47.4 Å². The summed E-state index contributed by atoms with van der Waals surface area (Å²) in [5.41, 5.74) is 2.09. The number of fused-ring (bicyclic) bond motifs is 1. The summed E-state index contributed by atoms with van der Waals surface area (Å²) in [7, 11) is 0. The number of carbonyl (C=O) groups is 2. The van der Waals surface area contributed by atoms with Crippen LogP contribution in [0.2, 0.25) is 0 Å². The summed E-state index contributed by atoms with van der Waals surface area (Å²) in [6.45, 7) is 5.40. The van der Waals surface area contributed by atoms with Crippen molar-refractivity contribution >= 4 is 28.6 Å². The standard InChI is InChI=1S/C21H21N3O4/c1-4-28-21(27)16-11-24(20-15(19(16)26)10-9-14(3)22-20)12-18(25)23-17-8-6-5-7-13(17)2/h5-11H,4,12H2,1-3H3,(H,23,25). The molecule has 7 heteroatoms. The van der Waals surface area contributed by atoms with Crippen LogP contribution in [0.3, 0.4) is 0 Å². The molecule has 28 heavy (non-hydrogen) atoms. The van der Waals surface area contributed by atoms with Gasteiger partial charge in [0.15, 0.2) is 0 Å². The predicted octanol–water partition coefficient (Wildman–Crippen LogP) is 2.83. The van der Waals surface area contributed by atoms with E-state index in [-0.39, 0.29) is 30.0 Å². The topological polar surface area (TPSA) is 90.3 Å². The molecule has 0 saturated carbocycles. The lowest BCUT2D eigenvalue weighted by Gasteiger charge is -2.14. The number of esters is 1. The van der Waals surface area contributed by atoms with E-state index in [4.69, 9.17) is 4.74 Å². The molecule has 0 aliphatic heterocycles. The van der Waals surface area contributed by atoms with Crippen molar-refractivity contribution in [3.8, 4) is 0 Å². The van der Waals surface area contributed by atoms with E-state index in [1.165, 1.54) is 10.8 Å². The van der Waals surface area contributed by atoms with Crippen molar-refractivity contribution in [1.82, 2.24) is 9.55 Å². The number of amides is 1. The number of aryl methyl sites for hydroxylation is 2. The van der Waals surface area contributed by atoms with E-state index in [2.05, 4.69) is 10.3 Å². The van der Waals surface area contributed by atoms with Crippen molar-refractivity contribution in [2.24, 2.45) is 0 Å². The van der Waals surface area contributed by atoms with Gasteiger partial charge < -0.3 is 14.6 Å². The average molecular weight is 379 g/mol. The molecule has 144 valence electrons. The van der Waals surface area contributed by atoms with Crippen LogP contribution < -0.4 is 10.7 Å². The molecule has 1 amide bonds. The lowest BCUT2D eigenvalue weighted by Crippen LogP contribution is -2.25. The third-order valence-electron chi connectivity index (χ3n) is 4.29. The van der Waals surface area contributed by atoms with Gasteiger partial charge in [0.2, 0.25) is 11.3 Å². The highest BCUT2D eigenvalue weighted by molar-refractivity contribution is 5.95. The van der Waals surface area contributed by atoms with Crippen molar-refractivity contribution in [3.05, 3.63) is 69.6 Å². The van der Waals surface area contributed by atoms with Gasteiger partial charge in [-0.3, -0.25) is 9.59 Å². The van der Waals surface area contributed by atoms with E-state index in [0.717, 1.165) is 5.56 Å². The van der Waals surface area contributed by atoms with Gasteiger partial charge in [-0.2, -0.15) is 0 Å². The highest BCUT2D eigenvalue weighted by Crippen LogP contribution is 2.15. The maximum Gasteiger partial charge on any atom is 0.343 e. The van der Waals surface area contributed by atoms with Crippen molar-refractivity contribution in [1.29, 1.82) is 0 Å². The minimum atomic E-state index is -0.719. The molecule has 0 unspecified atom stereocenters. The Labute approximate surface area is 162 Å². The maximum atomic E-state index is 12.7. The molecule has 3 rings (SSSR count). The highest BCUT2D eigenvalue weighted by atomic mass is 16.5. The number of hydrogen-bond acceptors (Lipinski definition) is 5. The minimum absolute atomic E-state index is 0.103. The molecule has 7 nitrogen and oxygen atoms in total. The van der Waals surface area contributed by atoms with Crippen LogP contribution in [0, 0.1) is 13.8 Å². The van der Waals surface area contributed by atoms with Gasteiger partial charge in [-0.1, -0.05) is 18.2 Å². The van der Waals surface area contributed by atoms with E-state index in [1.807, 2.05) is 31.2 Å². The second kappa shape index (κ2) is 8.04. The maximum absolute atomic E-state index is 12.7. The smallest absolute Gasteiger partial charge is 0.343 e. The number of nitrogens with one attached hydrogen (secondary N) is 1. The Morgan fingerprint density at radius 1 is 1.14 bits per heavy atom. The molecular weight excluding hydrogens is 358 g/mol. The van der Waals surface area contributed by atoms with Gasteiger partial charge >= 0.3 is 5.97 Å². The number of pyridine rings is 2. The zero-order valence-corrected chi connectivity index (χ0v) is 16.0. The largest absolute Gasteiger partial charge is 0.462 e. The molecule has 3 aromatic rings. The number of nitrogens with zero attached hydrogens (tertiary/aromatic N) is 2. The summed E-state index contributed by atoms with van der Waals surface area (Å²) >= 11 is 0. The first kappa shape index (κ1) is 19.3. The highest BCUT2D eigenvalue weighted by Gasteiger charge is 2.18. The summed E-state index contributed by atoms with van der Waals surface area (Å²) in [6, 6.07) is 10.7. The molecule has 2 heterocycles. The Kier molecular flexibility index (Phi) is 5.54. The molecule has 0 aliphatic rings. The number of benzene rings is 1. The van der Waals surface area contributed by atoms with Gasteiger partial charge in [0.05, 0.1) is 12.0 Å². The lowest BCUT2D eigenvalue weighted by molar-refractivity contribution is -0.116. The Morgan fingerprint density at radius 2 is 1.89 bits per heavy atom. The van der Waals surface area contributed by atoms with Crippen LogP contribution in [0.4, 0.5) is 5.69 Å². The molecule has 2 aromatic heterocycles. The summed E-state index contributed by atoms with van der Waals surface area (Å²) < 4.78 is 6.48. The van der Waals surface area contributed by atoms with Crippen LogP contribution >= 0.6 is 0 Å². The van der Waals surface area contributed by atoms with Crippen LogP contribution in [0.25, 0.3) is 11.0 Å². The summed E-state index contributed by atoms with van der Waals surface area (Å²) in [4.78, 5) is 41.9. The predicted molar refractivity (Wildman–Crippen MR) is 107 cm³/mol. The van der Waals surface area contributed by atoms with Gasteiger partial charge in [0, 0.05) is 17.6 Å². The molecule has 0 spiro atoms. The first-order valence-corrected chi connectivity index (χ1v) is 8.94. The molecule has 0 bridgehead atoms. The number of anilines is 1. The van der Waals surface area contributed by atoms with Gasteiger partial charge in [0.1, 0.15) is 17.8 Å². The molecule has 0 saturated heterocycles. The van der Waals surface area contributed by atoms with E-state index in [9.17, 15) is 14.4 Å². The SMILES string of the molecule is CCOC(=O)c1cn(CC(=O)Nc2ccccc2C)c2nc(C)ccc2c1=O. The molecular formula is C21H21N3O4. The Balaban J connectivity index is 2.03. The van der Waals surface area contributed by atoms with Gasteiger partial charge in [0.25, 0.3) is 0 Å². The van der Waals surface area contributed by atoms with Crippen LogP contribution in [0.1, 0.15) is 28.5 Å². The average Bonchev–Trinajstić information content (AvgIpc) is 2.66. The summed E-state index contributed by atoms with van der Waals surface area (Å²) in [5, 5.41) is 3.11. The fourth-order valence-corrected chi connectivity index (χ4v) is 2.89. The van der Waals surface area contributed by atoms with Gasteiger partial charge in [-0.25, -0.2) is 9.78 Å². The lowest BCUT2D eigenvalue weighted by atomic mass is 10.1. The third-order valence-corrected chi connectivity index (χ3v) is 4.29. The van der Waals surface area contributed by atoms with Crippen molar-refractivity contribution in [2.45, 2.75) is 27.3 Å². The van der Waals surface area contributed by atoms with Gasteiger partial charge in [-0.15, -0.1) is 0 Å². The monoisotopic (exact) mass is 379 g/mol. The number of para-hydroxylation sites is 1. The molecule has 0 atom stereocenters. The fourth-order valence-electron chi connectivity index (χ4n) is 2.89. The zero-order valence-electron chi connectivity index (χ0n) is 16.0. The fraction of sp³-hybridized carbons (Fsp3) is 0.238. The Bertz CT molecular complexity index is 1120. The first-order chi connectivity index (χ1) is 13.4. The first-order valence-electron chi connectivity index (χ1n) is 8.94. The molecule has 1 N–H and O–H groups in total. The Morgan fingerprint density at radius 3 is 2.61 bits per heavy atom.